The first kappa shape index (κ1) is 19.8. The quantitative estimate of drug-likeness (QED) is 0.678. The molecule has 1 heterocycles. The number of hydrogen-bond acceptors (Lipinski definition) is 3. The van der Waals surface area contributed by atoms with Crippen LogP contribution < -0.4 is 4.90 Å². The number of carbonyl (C=O) groups excluding carboxylic acids is 2. The molecule has 0 bridgehead atoms. The predicted octanol–water partition coefficient (Wildman–Crippen LogP) is 4.67. The molecule has 1 aliphatic rings. The molecule has 0 fully saturated rings. The summed E-state index contributed by atoms with van der Waals surface area (Å²) in [6, 6.07) is 11.1. The molecule has 2 aromatic carbocycles. The molecule has 4 nitrogen and oxygen atoms in total. The fourth-order valence-electron chi connectivity index (χ4n) is 3.60. The lowest BCUT2D eigenvalue weighted by molar-refractivity contribution is -0.135. The number of halogens is 1. The minimum atomic E-state index is -1.83. The van der Waals surface area contributed by atoms with Gasteiger partial charge in [-0.1, -0.05) is 47.0 Å². The molecule has 3 rings (SSSR count). The second-order valence-corrected chi connectivity index (χ2v) is 8.17. The number of Topliss-reactive ketones (excluding diaryl/α,β-unsaturated/α-hetero) is 1. The van der Waals surface area contributed by atoms with Crippen LogP contribution in [0.1, 0.15) is 53.2 Å². The summed E-state index contributed by atoms with van der Waals surface area (Å²) in [7, 11) is 0. The number of aryl methyl sites for hydroxylation is 2. The third-order valence-corrected chi connectivity index (χ3v) is 5.63. The minimum absolute atomic E-state index is 0.227. The fraction of sp³-hybridized carbons (Fsp3) is 0.364. The van der Waals surface area contributed by atoms with E-state index < -0.39 is 11.5 Å². The molecule has 1 atom stereocenters. The maximum Gasteiger partial charge on any atom is 0.264 e. The minimum Gasteiger partial charge on any atom is -0.375 e. The van der Waals surface area contributed by atoms with Crippen molar-refractivity contribution < 1.29 is 14.7 Å². The highest BCUT2D eigenvalue weighted by molar-refractivity contribution is 9.10. The van der Waals surface area contributed by atoms with Crippen molar-refractivity contribution in [2.24, 2.45) is 0 Å². The lowest BCUT2D eigenvalue weighted by atomic mass is 9.87. The van der Waals surface area contributed by atoms with Crippen LogP contribution in [0.5, 0.6) is 0 Å². The van der Waals surface area contributed by atoms with Crippen LogP contribution in [-0.4, -0.2) is 23.3 Å². The van der Waals surface area contributed by atoms with Crippen molar-refractivity contribution in [3.05, 3.63) is 63.1 Å². The molecule has 0 spiro atoms. The van der Waals surface area contributed by atoms with Gasteiger partial charge in [-0.3, -0.25) is 9.59 Å². The number of fused-ring (bicyclic) bond motifs is 1. The molecule has 0 aromatic heterocycles. The van der Waals surface area contributed by atoms with Crippen LogP contribution in [0.4, 0.5) is 5.69 Å². The first-order valence-corrected chi connectivity index (χ1v) is 10.0. The van der Waals surface area contributed by atoms with E-state index in [2.05, 4.69) is 22.9 Å². The van der Waals surface area contributed by atoms with Gasteiger partial charge in [-0.25, -0.2) is 0 Å². The summed E-state index contributed by atoms with van der Waals surface area (Å²) in [4.78, 5) is 27.7. The summed E-state index contributed by atoms with van der Waals surface area (Å²) < 4.78 is 0.768. The largest absolute Gasteiger partial charge is 0.375 e. The topological polar surface area (TPSA) is 57.6 Å². The Morgan fingerprint density at radius 2 is 1.93 bits per heavy atom. The van der Waals surface area contributed by atoms with Crippen molar-refractivity contribution in [1.82, 2.24) is 0 Å². The third kappa shape index (κ3) is 3.58. The molecule has 5 heteroatoms. The van der Waals surface area contributed by atoms with E-state index in [1.54, 1.807) is 11.0 Å². The summed E-state index contributed by atoms with van der Waals surface area (Å²) in [6.45, 7) is 6.37. The van der Waals surface area contributed by atoms with Crippen LogP contribution in [-0.2, 0) is 10.4 Å². The van der Waals surface area contributed by atoms with E-state index in [1.165, 1.54) is 0 Å². The monoisotopic (exact) mass is 429 g/mol. The van der Waals surface area contributed by atoms with Gasteiger partial charge in [0.1, 0.15) is 0 Å². The van der Waals surface area contributed by atoms with Crippen molar-refractivity contribution in [1.29, 1.82) is 0 Å². The number of aliphatic hydroxyl groups is 1. The van der Waals surface area contributed by atoms with Gasteiger partial charge in [0.05, 0.1) is 12.1 Å². The Balaban J connectivity index is 2.01. The van der Waals surface area contributed by atoms with Crippen LogP contribution in [0, 0.1) is 13.8 Å². The molecule has 27 heavy (non-hydrogen) atoms. The molecule has 2 aromatic rings. The number of anilines is 1. The number of unbranched alkanes of at least 4 members (excludes halogenated alkanes) is 1. The number of benzene rings is 2. The molecule has 1 aliphatic heterocycles. The molecule has 0 saturated heterocycles. The van der Waals surface area contributed by atoms with Crippen molar-refractivity contribution in [2.75, 3.05) is 11.4 Å². The number of nitrogens with zero attached hydrogens (tertiary/aromatic N) is 1. The summed E-state index contributed by atoms with van der Waals surface area (Å²) in [5.41, 5.74) is 1.72. The number of carbonyl (C=O) groups is 2. The van der Waals surface area contributed by atoms with Crippen LogP contribution in [0.2, 0.25) is 0 Å². The Kier molecular flexibility index (Phi) is 5.54. The zero-order valence-corrected chi connectivity index (χ0v) is 17.5. The van der Waals surface area contributed by atoms with E-state index in [-0.39, 0.29) is 12.2 Å². The van der Waals surface area contributed by atoms with Gasteiger partial charge in [0.2, 0.25) is 0 Å². The van der Waals surface area contributed by atoms with Crippen molar-refractivity contribution in [3.63, 3.8) is 0 Å². The number of hydrogen-bond donors (Lipinski definition) is 1. The molecule has 0 radical (unpaired) electrons. The maximum atomic E-state index is 13.1. The first-order valence-electron chi connectivity index (χ1n) is 9.22. The van der Waals surface area contributed by atoms with E-state index in [0.717, 1.165) is 28.4 Å². The van der Waals surface area contributed by atoms with Crippen LogP contribution in [0.15, 0.2) is 40.9 Å². The second kappa shape index (κ2) is 7.56. The van der Waals surface area contributed by atoms with Crippen LogP contribution in [0.25, 0.3) is 0 Å². The maximum absolute atomic E-state index is 13.1. The third-order valence-electron chi connectivity index (χ3n) is 5.14. The number of rotatable bonds is 6. The summed E-state index contributed by atoms with van der Waals surface area (Å²) in [6.07, 6.45) is 1.51. The van der Waals surface area contributed by atoms with E-state index >= 15 is 0 Å². The molecule has 0 saturated carbocycles. The summed E-state index contributed by atoms with van der Waals surface area (Å²) in [5.74, 6) is -0.641. The number of ketones is 1. The van der Waals surface area contributed by atoms with E-state index in [1.807, 2.05) is 44.2 Å². The van der Waals surface area contributed by atoms with E-state index in [4.69, 9.17) is 0 Å². The Morgan fingerprint density at radius 3 is 2.63 bits per heavy atom. The lowest BCUT2D eigenvalue weighted by Gasteiger charge is -2.23. The van der Waals surface area contributed by atoms with Gasteiger partial charge in [-0.15, -0.1) is 0 Å². The zero-order valence-electron chi connectivity index (χ0n) is 15.9. The molecule has 142 valence electrons. The highest BCUT2D eigenvalue weighted by atomic mass is 79.9. The van der Waals surface area contributed by atoms with Gasteiger partial charge < -0.3 is 10.0 Å². The fourth-order valence-corrected chi connectivity index (χ4v) is 3.96. The smallest absolute Gasteiger partial charge is 0.264 e. The number of amides is 1. The molecular weight excluding hydrogens is 406 g/mol. The Bertz CT molecular complexity index is 908. The zero-order chi connectivity index (χ0) is 19.8. The molecule has 1 amide bonds. The standard InChI is InChI=1S/C22H24BrNO3/c1-4-5-10-24-19-9-8-16(23)12-18(19)22(27,21(24)26)13-20(25)17-11-14(2)6-7-15(17)3/h6-9,11-12,27H,4-5,10,13H2,1-3H3/t22-/m0/s1. The van der Waals surface area contributed by atoms with Crippen LogP contribution >= 0.6 is 15.9 Å². The average Bonchev–Trinajstić information content (AvgIpc) is 2.83. The van der Waals surface area contributed by atoms with Gasteiger partial charge in [0, 0.05) is 22.1 Å². The van der Waals surface area contributed by atoms with Gasteiger partial charge in [0.15, 0.2) is 11.4 Å². The van der Waals surface area contributed by atoms with E-state index in [0.29, 0.717) is 23.4 Å². The molecule has 0 aliphatic carbocycles. The van der Waals surface area contributed by atoms with Gasteiger partial charge in [-0.05, 0) is 50.1 Å². The van der Waals surface area contributed by atoms with Gasteiger partial charge in [0.25, 0.3) is 5.91 Å². The Labute approximate surface area is 168 Å². The normalized spacial score (nSPS) is 18.7. The SMILES string of the molecule is CCCCN1C(=O)[C@](O)(CC(=O)c2cc(C)ccc2C)c2cc(Br)ccc21. The average molecular weight is 430 g/mol. The van der Waals surface area contributed by atoms with Crippen molar-refractivity contribution in [3.8, 4) is 0 Å². The van der Waals surface area contributed by atoms with Crippen molar-refractivity contribution in [2.45, 2.75) is 45.6 Å². The van der Waals surface area contributed by atoms with Gasteiger partial charge >= 0.3 is 0 Å². The molecule has 1 N–H and O–H groups in total. The second-order valence-electron chi connectivity index (χ2n) is 7.25. The molecule has 0 unspecified atom stereocenters. The van der Waals surface area contributed by atoms with Gasteiger partial charge in [-0.2, -0.15) is 0 Å². The predicted molar refractivity (Wildman–Crippen MR) is 110 cm³/mol. The van der Waals surface area contributed by atoms with Crippen molar-refractivity contribution >= 4 is 33.3 Å². The summed E-state index contributed by atoms with van der Waals surface area (Å²) in [5, 5.41) is 11.4. The van der Waals surface area contributed by atoms with E-state index in [9.17, 15) is 14.7 Å². The summed E-state index contributed by atoms with van der Waals surface area (Å²) >= 11 is 3.42. The highest BCUT2D eigenvalue weighted by Crippen LogP contribution is 2.44. The van der Waals surface area contributed by atoms with Crippen LogP contribution in [0.3, 0.4) is 0 Å². The highest BCUT2D eigenvalue weighted by Gasteiger charge is 2.50. The molecular formula is C22H24BrNO3. The first-order chi connectivity index (χ1) is 12.8. The Morgan fingerprint density at radius 1 is 1.19 bits per heavy atom. The Hall–Kier alpha value is -1.98. The lowest BCUT2D eigenvalue weighted by Crippen LogP contribution is -2.42.